The second kappa shape index (κ2) is 51.8. The molecule has 0 radical (unpaired) electrons. The molecule has 0 aliphatic heterocycles. The van der Waals surface area contributed by atoms with E-state index in [0.29, 0.717) is 46.8 Å². The van der Waals surface area contributed by atoms with Gasteiger partial charge in [0, 0.05) is 0 Å². The fourth-order valence-corrected chi connectivity index (χ4v) is 13.5. The molecule has 113 heavy (non-hydrogen) atoms. The first kappa shape index (κ1) is 94.8. The normalized spacial score (nSPS) is 13.7. The molecule has 0 spiro atoms. The van der Waals surface area contributed by atoms with E-state index in [2.05, 4.69) is 437 Å². The molecule has 1 aliphatic rings. The maximum absolute atomic E-state index is 3.73. The van der Waals surface area contributed by atoms with Crippen LogP contribution in [0.2, 0.25) is 0 Å². The van der Waals surface area contributed by atoms with E-state index < -0.39 is 0 Å². The molecule has 1 aliphatic carbocycles. The average Bonchev–Trinajstić information content (AvgIpc) is 0.826. The van der Waals surface area contributed by atoms with E-state index in [1.165, 1.54) is 178 Å². The Morgan fingerprint density at radius 1 is 0.327 bits per heavy atom. The van der Waals surface area contributed by atoms with Crippen LogP contribution in [0.25, 0.3) is 34.1 Å². The first-order chi connectivity index (χ1) is 54.3. The molecule has 0 heterocycles. The molecule has 1 fully saturated rings. The van der Waals surface area contributed by atoms with Gasteiger partial charge in [-0.15, -0.1) is 6.58 Å². The predicted octanol–water partition coefficient (Wildman–Crippen LogP) is 35.1. The summed E-state index contributed by atoms with van der Waals surface area (Å²) in [5.41, 5.74) is 23.0. The van der Waals surface area contributed by atoms with E-state index in [4.69, 9.17) is 0 Å². The number of fused-ring (bicyclic) bond motifs is 1. The van der Waals surface area contributed by atoms with Gasteiger partial charge in [-0.25, -0.2) is 0 Å². The summed E-state index contributed by atoms with van der Waals surface area (Å²) in [6.07, 6.45) is 24.0. The van der Waals surface area contributed by atoms with Crippen molar-refractivity contribution in [3.63, 3.8) is 0 Å². The van der Waals surface area contributed by atoms with Crippen molar-refractivity contribution in [1.82, 2.24) is 0 Å². The van der Waals surface area contributed by atoms with Crippen LogP contribution in [0.5, 0.6) is 0 Å². The fourth-order valence-electron chi connectivity index (χ4n) is 13.5. The van der Waals surface area contributed by atoms with Crippen molar-refractivity contribution in [2.24, 2.45) is 0 Å². The Labute approximate surface area is 692 Å². The molecule has 0 nitrogen and oxygen atoms in total. The van der Waals surface area contributed by atoms with Crippen LogP contribution in [0.15, 0.2) is 292 Å². The van der Waals surface area contributed by atoms with Gasteiger partial charge in [0.15, 0.2) is 0 Å². The zero-order valence-corrected chi connectivity index (χ0v) is 74.5. The van der Waals surface area contributed by atoms with Crippen molar-refractivity contribution in [2.45, 2.75) is 293 Å². The molecular weight excluding hydrogens is 1360 g/mol. The predicted molar refractivity (Wildman–Crippen MR) is 507 cm³/mol. The lowest BCUT2D eigenvalue weighted by Gasteiger charge is -2.22. The van der Waals surface area contributed by atoms with Gasteiger partial charge in [0.05, 0.1) is 0 Å². The third-order valence-electron chi connectivity index (χ3n) is 23.9. The molecule has 0 bridgehead atoms. The van der Waals surface area contributed by atoms with Crippen LogP contribution in [0.4, 0.5) is 0 Å². The lowest BCUT2D eigenvalue weighted by Crippen LogP contribution is -2.14. The van der Waals surface area contributed by atoms with Gasteiger partial charge >= 0.3 is 0 Å². The van der Waals surface area contributed by atoms with Gasteiger partial charge in [0.1, 0.15) is 0 Å². The second-order valence-electron chi connectivity index (χ2n) is 33.8. The highest BCUT2D eigenvalue weighted by Crippen LogP contribution is 2.35. The molecule has 0 saturated heterocycles. The molecular formula is C113H150. The van der Waals surface area contributed by atoms with Gasteiger partial charge in [-0.1, -0.05) is 461 Å². The van der Waals surface area contributed by atoms with Gasteiger partial charge in [0.25, 0.3) is 0 Å². The summed E-state index contributed by atoms with van der Waals surface area (Å²) in [6.45, 7) is 51.0. The van der Waals surface area contributed by atoms with E-state index in [-0.39, 0.29) is 5.41 Å². The van der Waals surface area contributed by atoms with Crippen LogP contribution in [-0.4, -0.2) is 0 Å². The number of hydrogen-bond acceptors (Lipinski definition) is 0. The highest BCUT2D eigenvalue weighted by Gasteiger charge is 2.18. The van der Waals surface area contributed by atoms with Crippen LogP contribution >= 0.6 is 0 Å². The molecule has 0 heteroatoms. The molecule has 7 atom stereocenters. The number of allylic oxidation sites excluding steroid dienone is 1. The molecule has 7 unspecified atom stereocenters. The number of benzene rings is 11. The number of rotatable bonds is 22. The summed E-state index contributed by atoms with van der Waals surface area (Å²) >= 11 is 0. The SMILES string of the molecule is C=CCc1ccc(C(C)CC)cc1.CCC(C)(C)c1ccccc1.CCC(C)c1ccc(-c2ccccc2)cc1.CCC(C)c1ccc(/C=C/c2ccccc2)cc1.CCC(C)c1ccc(C(C)(C)C)cc1.CCC(C)c1ccc(C)cc1.CCC(C)c1ccc(C2CCCCC2)cc1.CCC(C)c1ccc2ccccc2c1. The van der Waals surface area contributed by atoms with Crippen LogP contribution in [-0.2, 0) is 17.3 Å². The van der Waals surface area contributed by atoms with Gasteiger partial charge in [-0.3, -0.25) is 0 Å². The highest BCUT2D eigenvalue weighted by atomic mass is 14.2. The van der Waals surface area contributed by atoms with Crippen LogP contribution < -0.4 is 0 Å². The van der Waals surface area contributed by atoms with Crippen molar-refractivity contribution in [3.8, 4) is 11.1 Å². The van der Waals surface area contributed by atoms with E-state index in [9.17, 15) is 0 Å². The Morgan fingerprint density at radius 3 is 1.08 bits per heavy atom. The fraction of sp³-hybridized carbons (Fsp3) is 0.398. The van der Waals surface area contributed by atoms with Crippen LogP contribution in [0.1, 0.15) is 347 Å². The standard InChI is InChI=1S/C18H20.C16H24.C16H18.C14H16.C14H22.C13H18.2C11H16/c1-3-15(2)18-13-11-17(12-14-18)10-9-16-7-5-4-6-8-16;2*1-3-13(2)14-9-11-16(12-10-14)15-7-5-4-6-8-15;1-3-11(2)13-9-8-12-6-4-5-7-14(12)10-13;1-6-11(2)12-7-9-13(10-8-12)14(3,4)5;1-4-6-12-7-9-13(10-8-12)11(3)5-2;1-4-10(3)11-7-5-9(2)6-8-11;1-4-11(2,3)10-8-6-5-7-9-10/h4-15H,3H2,1-2H3;9-13,15H,3-8H2,1-2H3;4-13H,3H2,1-2H3;4-11H,3H2,1-2H3;7-11H,6H2,1-5H3;4,7-11H,1,5-6H2,2-3H3;5-8,10H,4H2,1-3H3;5-9H,4H2,1-3H3/b10-9+;;;;;;;. The lowest BCUT2D eigenvalue weighted by molar-refractivity contribution is 0.443. The minimum absolute atomic E-state index is 0.272. The Morgan fingerprint density at radius 2 is 0.664 bits per heavy atom. The van der Waals surface area contributed by atoms with Gasteiger partial charge in [0.2, 0.25) is 0 Å². The van der Waals surface area contributed by atoms with Crippen molar-refractivity contribution in [3.05, 3.63) is 370 Å². The summed E-state index contributed by atoms with van der Waals surface area (Å²) in [5.74, 6) is 5.60. The lowest BCUT2D eigenvalue weighted by atomic mass is 9.82. The summed E-state index contributed by atoms with van der Waals surface area (Å²) in [4.78, 5) is 0. The average molecular weight is 1510 g/mol. The number of hydrogen-bond donors (Lipinski definition) is 0. The summed E-state index contributed by atoms with van der Waals surface area (Å²) in [7, 11) is 0. The van der Waals surface area contributed by atoms with E-state index in [1.807, 2.05) is 12.1 Å². The second-order valence-corrected chi connectivity index (χ2v) is 33.8. The maximum Gasteiger partial charge on any atom is -0.0100 e. The Bertz CT molecular complexity index is 4270. The van der Waals surface area contributed by atoms with Gasteiger partial charge in [-0.05, 0) is 230 Å². The highest BCUT2D eigenvalue weighted by molar-refractivity contribution is 5.83. The molecule has 11 aromatic carbocycles. The van der Waals surface area contributed by atoms with Crippen molar-refractivity contribution >= 4 is 22.9 Å². The summed E-state index contributed by atoms with van der Waals surface area (Å²) in [6, 6.07) is 101. The van der Waals surface area contributed by atoms with Crippen molar-refractivity contribution in [1.29, 1.82) is 0 Å². The first-order valence-electron chi connectivity index (χ1n) is 43.8. The summed E-state index contributed by atoms with van der Waals surface area (Å²) in [5, 5.41) is 2.69. The number of aryl methyl sites for hydroxylation is 1. The van der Waals surface area contributed by atoms with E-state index >= 15 is 0 Å². The maximum atomic E-state index is 3.73. The first-order valence-corrected chi connectivity index (χ1v) is 43.8. The molecule has 11 aromatic rings. The molecule has 0 N–H and O–H groups in total. The molecule has 0 aromatic heterocycles. The van der Waals surface area contributed by atoms with Crippen molar-refractivity contribution < 1.29 is 0 Å². The van der Waals surface area contributed by atoms with E-state index in [1.54, 1.807) is 5.56 Å². The minimum atomic E-state index is 0.272. The Hall–Kier alpha value is -8.84. The Balaban J connectivity index is 0.000000232. The smallest absolute Gasteiger partial charge is 0.0100 e. The molecule has 1 saturated carbocycles. The van der Waals surface area contributed by atoms with Crippen molar-refractivity contribution in [2.75, 3.05) is 0 Å². The monoisotopic (exact) mass is 1510 g/mol. The third kappa shape index (κ3) is 34.0. The molecule has 12 rings (SSSR count). The molecule has 0 amide bonds. The quantitative estimate of drug-likeness (QED) is 0.0469. The van der Waals surface area contributed by atoms with Crippen LogP contribution in [0.3, 0.4) is 0 Å². The van der Waals surface area contributed by atoms with Gasteiger partial charge < -0.3 is 0 Å². The van der Waals surface area contributed by atoms with Crippen LogP contribution in [0, 0.1) is 6.92 Å². The molecule has 602 valence electrons. The van der Waals surface area contributed by atoms with Gasteiger partial charge in [-0.2, -0.15) is 0 Å². The zero-order chi connectivity index (χ0) is 82.6. The largest absolute Gasteiger partial charge is 0.103 e. The third-order valence-corrected chi connectivity index (χ3v) is 23.9. The minimum Gasteiger partial charge on any atom is -0.103 e. The topological polar surface area (TPSA) is 0 Å². The Kier molecular flexibility index (Phi) is 43.4. The van der Waals surface area contributed by atoms with E-state index in [0.717, 1.165) is 12.3 Å². The summed E-state index contributed by atoms with van der Waals surface area (Å²) < 4.78 is 0. The zero-order valence-electron chi connectivity index (χ0n) is 74.5.